The van der Waals surface area contributed by atoms with Crippen LogP contribution in [-0.4, -0.2) is 11.7 Å². The van der Waals surface area contributed by atoms with Crippen LogP contribution in [0.1, 0.15) is 6.92 Å². The molecule has 4 nitrogen and oxygen atoms in total. The van der Waals surface area contributed by atoms with Crippen LogP contribution in [0.4, 0.5) is 22.7 Å². The third-order valence-corrected chi connectivity index (χ3v) is 3.52. The summed E-state index contributed by atoms with van der Waals surface area (Å²) in [4.78, 5) is 0. The number of phenols is 1. The molecule has 0 amide bonds. The molecule has 0 spiro atoms. The molecule has 0 fully saturated rings. The SMILES string of the molecule is CCOc1ccc(Nc2ccc(Nc3ccccc3O)cc2)cc1. The molecule has 0 saturated carbocycles. The Morgan fingerprint density at radius 3 is 1.88 bits per heavy atom. The molecule has 0 saturated heterocycles. The van der Waals surface area contributed by atoms with Crippen molar-refractivity contribution in [3.8, 4) is 11.5 Å². The van der Waals surface area contributed by atoms with Gasteiger partial charge in [0, 0.05) is 17.1 Å². The van der Waals surface area contributed by atoms with E-state index in [0.717, 1.165) is 22.8 Å². The van der Waals surface area contributed by atoms with Gasteiger partial charge in [-0.05, 0) is 67.6 Å². The van der Waals surface area contributed by atoms with Gasteiger partial charge in [-0.1, -0.05) is 12.1 Å². The van der Waals surface area contributed by atoms with Crippen molar-refractivity contribution < 1.29 is 9.84 Å². The molecule has 122 valence electrons. The summed E-state index contributed by atoms with van der Waals surface area (Å²) in [6.45, 7) is 2.63. The van der Waals surface area contributed by atoms with Crippen LogP contribution in [-0.2, 0) is 0 Å². The highest BCUT2D eigenvalue weighted by Crippen LogP contribution is 2.27. The number of anilines is 4. The van der Waals surface area contributed by atoms with Crippen molar-refractivity contribution in [2.45, 2.75) is 6.92 Å². The minimum atomic E-state index is 0.231. The third-order valence-electron chi connectivity index (χ3n) is 3.52. The summed E-state index contributed by atoms with van der Waals surface area (Å²) >= 11 is 0. The standard InChI is InChI=1S/C20H20N2O2/c1-2-24-18-13-11-16(12-14-18)21-15-7-9-17(10-8-15)22-19-5-3-4-6-20(19)23/h3-14,21-23H,2H2,1H3. The van der Waals surface area contributed by atoms with Crippen LogP contribution >= 0.6 is 0 Å². The lowest BCUT2D eigenvalue weighted by Gasteiger charge is -2.11. The highest BCUT2D eigenvalue weighted by molar-refractivity contribution is 5.68. The molecule has 0 aliphatic rings. The number of hydrogen-bond donors (Lipinski definition) is 3. The lowest BCUT2D eigenvalue weighted by molar-refractivity contribution is 0.340. The van der Waals surface area contributed by atoms with E-state index in [1.807, 2.05) is 67.6 Å². The Kier molecular flexibility index (Phi) is 4.87. The number of benzene rings is 3. The van der Waals surface area contributed by atoms with Crippen LogP contribution in [0, 0.1) is 0 Å². The lowest BCUT2D eigenvalue weighted by Crippen LogP contribution is -1.94. The molecule has 0 heterocycles. The fraction of sp³-hybridized carbons (Fsp3) is 0.100. The van der Waals surface area contributed by atoms with Crippen molar-refractivity contribution in [1.82, 2.24) is 0 Å². The van der Waals surface area contributed by atoms with Gasteiger partial charge in [0.05, 0.1) is 12.3 Å². The summed E-state index contributed by atoms with van der Waals surface area (Å²) in [5.74, 6) is 1.10. The van der Waals surface area contributed by atoms with Gasteiger partial charge in [0.2, 0.25) is 0 Å². The number of phenolic OH excluding ortho intramolecular Hbond substituents is 1. The molecule has 3 aromatic carbocycles. The molecule has 3 aromatic rings. The predicted molar refractivity (Wildman–Crippen MR) is 98.7 cm³/mol. The Morgan fingerprint density at radius 2 is 1.29 bits per heavy atom. The molecule has 0 radical (unpaired) electrons. The van der Waals surface area contributed by atoms with Gasteiger partial charge in [-0.25, -0.2) is 0 Å². The zero-order valence-corrected chi connectivity index (χ0v) is 13.5. The van der Waals surface area contributed by atoms with E-state index in [0.29, 0.717) is 12.3 Å². The highest BCUT2D eigenvalue weighted by atomic mass is 16.5. The number of aromatic hydroxyl groups is 1. The van der Waals surface area contributed by atoms with Crippen molar-refractivity contribution in [3.63, 3.8) is 0 Å². The Bertz CT molecular complexity index is 783. The van der Waals surface area contributed by atoms with E-state index in [2.05, 4.69) is 10.6 Å². The number of hydrogen-bond acceptors (Lipinski definition) is 4. The van der Waals surface area contributed by atoms with Gasteiger partial charge < -0.3 is 20.5 Å². The fourth-order valence-electron chi connectivity index (χ4n) is 2.34. The Balaban J connectivity index is 1.65. The van der Waals surface area contributed by atoms with Gasteiger partial charge in [-0.3, -0.25) is 0 Å². The Morgan fingerprint density at radius 1 is 0.750 bits per heavy atom. The number of para-hydroxylation sites is 2. The van der Waals surface area contributed by atoms with E-state index in [-0.39, 0.29) is 5.75 Å². The summed E-state index contributed by atoms with van der Waals surface area (Å²) in [7, 11) is 0. The highest BCUT2D eigenvalue weighted by Gasteiger charge is 2.01. The molecular formula is C20H20N2O2. The van der Waals surface area contributed by atoms with Crippen LogP contribution < -0.4 is 15.4 Å². The normalized spacial score (nSPS) is 10.2. The molecule has 0 bridgehead atoms. The van der Waals surface area contributed by atoms with Gasteiger partial charge in [-0.15, -0.1) is 0 Å². The van der Waals surface area contributed by atoms with E-state index in [1.165, 1.54) is 0 Å². The van der Waals surface area contributed by atoms with E-state index in [4.69, 9.17) is 4.74 Å². The zero-order chi connectivity index (χ0) is 16.8. The number of rotatable bonds is 6. The molecule has 24 heavy (non-hydrogen) atoms. The Hall–Kier alpha value is -3.14. The van der Waals surface area contributed by atoms with Crippen LogP contribution in [0.5, 0.6) is 11.5 Å². The van der Waals surface area contributed by atoms with Crippen molar-refractivity contribution in [3.05, 3.63) is 72.8 Å². The third kappa shape index (κ3) is 3.98. The van der Waals surface area contributed by atoms with Crippen molar-refractivity contribution in [2.75, 3.05) is 17.2 Å². The number of ether oxygens (including phenoxy) is 1. The number of nitrogens with one attached hydrogen (secondary N) is 2. The minimum Gasteiger partial charge on any atom is -0.506 e. The maximum atomic E-state index is 9.80. The summed E-state index contributed by atoms with van der Waals surface area (Å²) in [6, 6.07) is 22.9. The maximum absolute atomic E-state index is 9.80. The van der Waals surface area contributed by atoms with Gasteiger partial charge >= 0.3 is 0 Å². The maximum Gasteiger partial charge on any atom is 0.139 e. The van der Waals surface area contributed by atoms with Gasteiger partial charge in [-0.2, -0.15) is 0 Å². The zero-order valence-electron chi connectivity index (χ0n) is 13.5. The molecular weight excluding hydrogens is 300 g/mol. The van der Waals surface area contributed by atoms with Crippen LogP contribution in [0.2, 0.25) is 0 Å². The Labute approximate surface area is 141 Å². The van der Waals surface area contributed by atoms with Gasteiger partial charge in [0.25, 0.3) is 0 Å². The summed E-state index contributed by atoms with van der Waals surface area (Å²) in [5, 5.41) is 16.3. The second-order valence-corrected chi connectivity index (χ2v) is 5.30. The average Bonchev–Trinajstić information content (AvgIpc) is 2.61. The smallest absolute Gasteiger partial charge is 0.139 e. The summed E-state index contributed by atoms with van der Waals surface area (Å²) in [6.07, 6.45) is 0. The summed E-state index contributed by atoms with van der Waals surface area (Å²) < 4.78 is 5.44. The molecule has 3 N–H and O–H groups in total. The van der Waals surface area contributed by atoms with E-state index in [9.17, 15) is 5.11 Å². The van der Waals surface area contributed by atoms with Crippen molar-refractivity contribution in [2.24, 2.45) is 0 Å². The van der Waals surface area contributed by atoms with Gasteiger partial charge in [0.15, 0.2) is 0 Å². The largest absolute Gasteiger partial charge is 0.506 e. The minimum absolute atomic E-state index is 0.231. The van der Waals surface area contributed by atoms with Crippen LogP contribution in [0.15, 0.2) is 72.8 Å². The van der Waals surface area contributed by atoms with E-state index >= 15 is 0 Å². The molecule has 0 unspecified atom stereocenters. The fourth-order valence-corrected chi connectivity index (χ4v) is 2.34. The second kappa shape index (κ2) is 7.42. The molecule has 0 atom stereocenters. The lowest BCUT2D eigenvalue weighted by atomic mass is 10.2. The topological polar surface area (TPSA) is 53.5 Å². The van der Waals surface area contributed by atoms with Gasteiger partial charge in [0.1, 0.15) is 11.5 Å². The first-order valence-electron chi connectivity index (χ1n) is 7.89. The first-order valence-corrected chi connectivity index (χ1v) is 7.89. The first kappa shape index (κ1) is 15.7. The quantitative estimate of drug-likeness (QED) is 0.541. The molecule has 3 rings (SSSR count). The van der Waals surface area contributed by atoms with E-state index in [1.54, 1.807) is 12.1 Å². The molecule has 4 heteroatoms. The monoisotopic (exact) mass is 320 g/mol. The van der Waals surface area contributed by atoms with Crippen molar-refractivity contribution in [1.29, 1.82) is 0 Å². The molecule has 0 aliphatic heterocycles. The predicted octanol–water partition coefficient (Wildman–Crippen LogP) is 5.28. The molecule has 0 aromatic heterocycles. The van der Waals surface area contributed by atoms with E-state index < -0.39 is 0 Å². The van der Waals surface area contributed by atoms with Crippen molar-refractivity contribution >= 4 is 22.7 Å². The second-order valence-electron chi connectivity index (χ2n) is 5.30. The molecule has 0 aliphatic carbocycles. The summed E-state index contributed by atoms with van der Waals surface area (Å²) in [5.41, 5.74) is 3.58. The van der Waals surface area contributed by atoms with Crippen LogP contribution in [0.3, 0.4) is 0 Å². The van der Waals surface area contributed by atoms with Crippen LogP contribution in [0.25, 0.3) is 0 Å². The average molecular weight is 320 g/mol. The first-order chi connectivity index (χ1) is 11.7.